The summed E-state index contributed by atoms with van der Waals surface area (Å²) < 4.78 is 13.7. The molecule has 1 rings (SSSR count). The molecule has 4 N–H and O–H groups in total. The van der Waals surface area contributed by atoms with E-state index in [4.69, 9.17) is 10.9 Å². The fourth-order valence-corrected chi connectivity index (χ4v) is 1.29. The third-order valence-electron chi connectivity index (χ3n) is 2.43. The van der Waals surface area contributed by atoms with Crippen LogP contribution in [0.4, 0.5) is 4.39 Å². The van der Waals surface area contributed by atoms with E-state index in [2.05, 4.69) is 10.5 Å². The summed E-state index contributed by atoms with van der Waals surface area (Å²) in [6.07, 6.45) is 0. The summed E-state index contributed by atoms with van der Waals surface area (Å²) in [5, 5.41) is 13.9. The first-order valence-electron chi connectivity index (χ1n) is 5.49. The van der Waals surface area contributed by atoms with Gasteiger partial charge in [-0.2, -0.15) is 0 Å². The first-order valence-corrected chi connectivity index (χ1v) is 5.49. The highest BCUT2D eigenvalue weighted by atomic mass is 19.1. The quantitative estimate of drug-likeness (QED) is 0.326. The molecule has 0 spiro atoms. The smallest absolute Gasteiger partial charge is 0.222 e. The number of benzene rings is 1. The van der Waals surface area contributed by atoms with Crippen LogP contribution in [0.25, 0.3) is 0 Å². The van der Waals surface area contributed by atoms with Crippen LogP contribution in [0.1, 0.15) is 25.0 Å². The fourth-order valence-electron chi connectivity index (χ4n) is 1.29. The molecular weight excluding hydrogens is 237 g/mol. The summed E-state index contributed by atoms with van der Waals surface area (Å²) in [6.45, 7) is 3.62. The minimum Gasteiger partial charge on any atom is -0.409 e. The van der Waals surface area contributed by atoms with Crippen molar-refractivity contribution < 1.29 is 14.4 Å². The van der Waals surface area contributed by atoms with Gasteiger partial charge in [0.1, 0.15) is 5.82 Å². The zero-order valence-corrected chi connectivity index (χ0v) is 10.3. The fraction of sp³-hybridized carbons (Fsp3) is 0.333. The van der Waals surface area contributed by atoms with Gasteiger partial charge in [0.05, 0.1) is 0 Å². The molecule has 18 heavy (non-hydrogen) atoms. The monoisotopic (exact) mass is 253 g/mol. The number of hydrogen-bond donors (Lipinski definition) is 3. The Bertz CT molecular complexity index is 472. The molecule has 0 unspecified atom stereocenters. The number of nitrogens with two attached hydrogens (primary N) is 1. The Morgan fingerprint density at radius 3 is 2.72 bits per heavy atom. The maximum Gasteiger partial charge on any atom is 0.222 e. The molecule has 98 valence electrons. The zero-order chi connectivity index (χ0) is 13.7. The van der Waals surface area contributed by atoms with Gasteiger partial charge in [-0.15, -0.1) is 0 Å². The number of halogens is 1. The van der Waals surface area contributed by atoms with Gasteiger partial charge in [0, 0.05) is 23.6 Å². The van der Waals surface area contributed by atoms with Gasteiger partial charge in [-0.05, 0) is 6.07 Å². The van der Waals surface area contributed by atoms with Crippen LogP contribution in [-0.4, -0.2) is 17.0 Å². The van der Waals surface area contributed by atoms with Gasteiger partial charge in [-0.3, -0.25) is 4.79 Å². The van der Waals surface area contributed by atoms with Crippen LogP contribution in [0.15, 0.2) is 23.4 Å². The largest absolute Gasteiger partial charge is 0.409 e. The van der Waals surface area contributed by atoms with Gasteiger partial charge >= 0.3 is 0 Å². The summed E-state index contributed by atoms with van der Waals surface area (Å²) in [5.41, 5.74) is 5.97. The molecule has 0 fully saturated rings. The SMILES string of the molecule is CC(C)C(=O)NCc1ccc(C(N)=NO)cc1F. The molecule has 0 heterocycles. The van der Waals surface area contributed by atoms with Crippen LogP contribution < -0.4 is 11.1 Å². The topological polar surface area (TPSA) is 87.7 Å². The van der Waals surface area contributed by atoms with E-state index in [0.717, 1.165) is 6.07 Å². The highest BCUT2D eigenvalue weighted by Gasteiger charge is 2.09. The molecule has 0 radical (unpaired) electrons. The standard InChI is InChI=1S/C12H16FN3O2/c1-7(2)12(17)15-6-9-4-3-8(5-10(9)13)11(14)16-18/h3-5,7,18H,6H2,1-2H3,(H2,14,16)(H,15,17). The van der Waals surface area contributed by atoms with E-state index in [0.29, 0.717) is 5.56 Å². The van der Waals surface area contributed by atoms with E-state index in [1.807, 2.05) is 0 Å². The third-order valence-corrected chi connectivity index (χ3v) is 2.43. The average Bonchev–Trinajstić information content (AvgIpc) is 2.35. The van der Waals surface area contributed by atoms with Crippen LogP contribution >= 0.6 is 0 Å². The number of carbonyl (C=O) groups excluding carboxylic acids is 1. The van der Waals surface area contributed by atoms with E-state index < -0.39 is 5.82 Å². The second-order valence-corrected chi connectivity index (χ2v) is 4.16. The van der Waals surface area contributed by atoms with Crippen LogP contribution in [0.3, 0.4) is 0 Å². The van der Waals surface area contributed by atoms with E-state index in [1.54, 1.807) is 13.8 Å². The van der Waals surface area contributed by atoms with Crippen LogP contribution in [0.5, 0.6) is 0 Å². The third kappa shape index (κ3) is 3.44. The molecule has 0 saturated carbocycles. The number of amidine groups is 1. The molecule has 1 aromatic rings. The van der Waals surface area contributed by atoms with Gasteiger partial charge in [-0.25, -0.2) is 4.39 Å². The van der Waals surface area contributed by atoms with Gasteiger partial charge in [-0.1, -0.05) is 31.1 Å². The Balaban J connectivity index is 2.78. The summed E-state index contributed by atoms with van der Waals surface area (Å²) >= 11 is 0. The normalized spacial score (nSPS) is 11.7. The molecule has 0 atom stereocenters. The Labute approximate surface area is 104 Å². The number of carbonyl (C=O) groups is 1. The van der Waals surface area contributed by atoms with Crippen molar-refractivity contribution in [3.8, 4) is 0 Å². The molecule has 0 saturated heterocycles. The molecule has 1 amide bonds. The highest BCUT2D eigenvalue weighted by Crippen LogP contribution is 2.10. The first-order chi connectivity index (χ1) is 8.45. The van der Waals surface area contributed by atoms with Gasteiger partial charge in [0.2, 0.25) is 5.91 Å². The van der Waals surface area contributed by atoms with E-state index in [1.165, 1.54) is 12.1 Å². The van der Waals surface area contributed by atoms with Crippen molar-refractivity contribution in [1.82, 2.24) is 5.32 Å². The predicted octanol–water partition coefficient (Wildman–Crippen LogP) is 1.19. The molecule has 1 aromatic carbocycles. The van der Waals surface area contributed by atoms with Crippen molar-refractivity contribution in [3.05, 3.63) is 35.1 Å². The van der Waals surface area contributed by atoms with Crippen molar-refractivity contribution in [2.75, 3.05) is 0 Å². The van der Waals surface area contributed by atoms with Crippen molar-refractivity contribution >= 4 is 11.7 Å². The van der Waals surface area contributed by atoms with Crippen molar-refractivity contribution in [1.29, 1.82) is 0 Å². The highest BCUT2D eigenvalue weighted by molar-refractivity contribution is 5.97. The maximum absolute atomic E-state index is 13.7. The Morgan fingerprint density at radius 1 is 1.56 bits per heavy atom. The Morgan fingerprint density at radius 2 is 2.22 bits per heavy atom. The number of oxime groups is 1. The number of rotatable bonds is 4. The zero-order valence-electron chi connectivity index (χ0n) is 10.3. The molecule has 6 heteroatoms. The Kier molecular flexibility index (Phi) is 4.65. The molecule has 0 aliphatic heterocycles. The lowest BCUT2D eigenvalue weighted by molar-refractivity contribution is -0.124. The molecule has 5 nitrogen and oxygen atoms in total. The number of amides is 1. The molecule has 0 aliphatic carbocycles. The summed E-state index contributed by atoms with van der Waals surface area (Å²) in [4.78, 5) is 11.3. The molecule has 0 aliphatic rings. The van der Waals surface area contributed by atoms with E-state index >= 15 is 0 Å². The van der Waals surface area contributed by atoms with Crippen molar-refractivity contribution in [2.24, 2.45) is 16.8 Å². The number of nitrogens with one attached hydrogen (secondary N) is 1. The Hall–Kier alpha value is -2.11. The lowest BCUT2D eigenvalue weighted by Gasteiger charge is -2.09. The molecular formula is C12H16FN3O2. The predicted molar refractivity (Wildman–Crippen MR) is 65.6 cm³/mol. The minimum absolute atomic E-state index is 0.110. The van der Waals surface area contributed by atoms with Crippen LogP contribution in [-0.2, 0) is 11.3 Å². The van der Waals surface area contributed by atoms with Crippen LogP contribution in [0, 0.1) is 11.7 Å². The second kappa shape index (κ2) is 6.00. The minimum atomic E-state index is -0.511. The van der Waals surface area contributed by atoms with Gasteiger partial charge in [0.25, 0.3) is 0 Å². The van der Waals surface area contributed by atoms with Gasteiger partial charge in [0.15, 0.2) is 5.84 Å². The lowest BCUT2D eigenvalue weighted by atomic mass is 10.1. The number of hydrogen-bond acceptors (Lipinski definition) is 3. The molecule has 0 bridgehead atoms. The van der Waals surface area contributed by atoms with Crippen molar-refractivity contribution in [2.45, 2.75) is 20.4 Å². The molecule has 0 aromatic heterocycles. The lowest BCUT2D eigenvalue weighted by Crippen LogP contribution is -2.27. The summed E-state index contributed by atoms with van der Waals surface area (Å²) in [5.74, 6) is -0.964. The summed E-state index contributed by atoms with van der Waals surface area (Å²) in [7, 11) is 0. The van der Waals surface area contributed by atoms with Gasteiger partial charge < -0.3 is 16.3 Å². The maximum atomic E-state index is 13.7. The summed E-state index contributed by atoms with van der Waals surface area (Å²) in [6, 6.07) is 4.17. The number of nitrogens with zero attached hydrogens (tertiary/aromatic N) is 1. The van der Waals surface area contributed by atoms with Crippen LogP contribution in [0.2, 0.25) is 0 Å². The van der Waals surface area contributed by atoms with E-state index in [9.17, 15) is 9.18 Å². The second-order valence-electron chi connectivity index (χ2n) is 4.16. The van der Waals surface area contributed by atoms with E-state index in [-0.39, 0.29) is 29.8 Å². The average molecular weight is 253 g/mol. The first kappa shape index (κ1) is 14.0. The van der Waals surface area contributed by atoms with Crippen molar-refractivity contribution in [3.63, 3.8) is 0 Å².